The van der Waals surface area contributed by atoms with E-state index in [1.54, 1.807) is 6.20 Å². The summed E-state index contributed by atoms with van der Waals surface area (Å²) in [4.78, 5) is 0. The molecule has 3 unspecified atom stereocenters. The maximum Gasteiger partial charge on any atom is 0.0888 e. The number of aliphatic hydroxyl groups is 1. The van der Waals surface area contributed by atoms with Gasteiger partial charge in [-0.2, -0.15) is 5.10 Å². The van der Waals surface area contributed by atoms with Crippen molar-refractivity contribution in [3.05, 3.63) is 18.0 Å². The maximum atomic E-state index is 10.7. The molecule has 1 aromatic rings. The van der Waals surface area contributed by atoms with Crippen molar-refractivity contribution < 1.29 is 5.11 Å². The standard InChI is InChI=1S/C14H25N3O/c1-3-11-5-6-14(7-11,10-15)13(18)12-8-16-17(4-2)9-12/h8-9,11,13,18H,3-7,10,15H2,1-2H3. The van der Waals surface area contributed by atoms with Crippen molar-refractivity contribution in [1.29, 1.82) is 0 Å². The topological polar surface area (TPSA) is 64.1 Å². The minimum atomic E-state index is -0.473. The number of aliphatic hydroxyl groups excluding tert-OH is 1. The van der Waals surface area contributed by atoms with Crippen LogP contribution in [0, 0.1) is 11.3 Å². The fraction of sp³-hybridized carbons (Fsp3) is 0.786. The average molecular weight is 251 g/mol. The number of aromatic nitrogens is 2. The van der Waals surface area contributed by atoms with Crippen LogP contribution in [-0.4, -0.2) is 21.4 Å². The predicted octanol–water partition coefficient (Wildman–Crippen LogP) is 2.09. The summed E-state index contributed by atoms with van der Waals surface area (Å²) < 4.78 is 1.86. The molecule has 0 aromatic carbocycles. The lowest BCUT2D eigenvalue weighted by atomic mass is 9.77. The molecular formula is C14H25N3O. The van der Waals surface area contributed by atoms with E-state index in [0.717, 1.165) is 24.9 Å². The smallest absolute Gasteiger partial charge is 0.0888 e. The normalized spacial score (nSPS) is 29.7. The van der Waals surface area contributed by atoms with Crippen molar-refractivity contribution >= 4 is 0 Å². The van der Waals surface area contributed by atoms with Gasteiger partial charge in [-0.25, -0.2) is 0 Å². The summed E-state index contributed by atoms with van der Waals surface area (Å²) in [6.45, 7) is 5.66. The van der Waals surface area contributed by atoms with Crippen LogP contribution in [0.1, 0.15) is 51.2 Å². The van der Waals surface area contributed by atoms with Crippen molar-refractivity contribution in [2.24, 2.45) is 17.1 Å². The van der Waals surface area contributed by atoms with Gasteiger partial charge < -0.3 is 10.8 Å². The summed E-state index contributed by atoms with van der Waals surface area (Å²) >= 11 is 0. The van der Waals surface area contributed by atoms with Gasteiger partial charge in [0.15, 0.2) is 0 Å². The van der Waals surface area contributed by atoms with Crippen LogP contribution in [0.3, 0.4) is 0 Å². The first-order valence-electron chi connectivity index (χ1n) is 7.05. The van der Waals surface area contributed by atoms with E-state index >= 15 is 0 Å². The highest BCUT2D eigenvalue weighted by Gasteiger charge is 2.44. The highest BCUT2D eigenvalue weighted by molar-refractivity contribution is 5.14. The first-order chi connectivity index (χ1) is 8.65. The molecule has 0 radical (unpaired) electrons. The van der Waals surface area contributed by atoms with E-state index in [4.69, 9.17) is 5.73 Å². The summed E-state index contributed by atoms with van der Waals surface area (Å²) in [7, 11) is 0. The summed E-state index contributed by atoms with van der Waals surface area (Å²) in [5, 5.41) is 14.9. The van der Waals surface area contributed by atoms with Crippen LogP contribution >= 0.6 is 0 Å². The molecule has 4 heteroatoms. The Hall–Kier alpha value is -0.870. The zero-order valence-electron chi connectivity index (χ0n) is 11.5. The maximum absolute atomic E-state index is 10.7. The molecule has 2 rings (SSSR count). The summed E-state index contributed by atoms with van der Waals surface area (Å²) in [6, 6.07) is 0. The molecule has 1 aliphatic carbocycles. The van der Waals surface area contributed by atoms with Gasteiger partial charge in [-0.05, 0) is 32.1 Å². The summed E-state index contributed by atoms with van der Waals surface area (Å²) in [6.07, 6.45) is 7.69. The molecule has 0 saturated heterocycles. The second-order valence-electron chi connectivity index (χ2n) is 5.62. The fourth-order valence-electron chi connectivity index (χ4n) is 3.21. The number of hydrogen-bond acceptors (Lipinski definition) is 3. The van der Waals surface area contributed by atoms with Gasteiger partial charge in [-0.15, -0.1) is 0 Å². The third-order valence-corrected chi connectivity index (χ3v) is 4.60. The lowest BCUT2D eigenvalue weighted by Crippen LogP contribution is -2.34. The van der Waals surface area contributed by atoms with Crippen molar-refractivity contribution in [2.45, 2.75) is 52.2 Å². The van der Waals surface area contributed by atoms with Gasteiger partial charge in [0.25, 0.3) is 0 Å². The van der Waals surface area contributed by atoms with E-state index in [0.29, 0.717) is 12.5 Å². The second kappa shape index (κ2) is 5.41. The monoisotopic (exact) mass is 251 g/mol. The fourth-order valence-corrected chi connectivity index (χ4v) is 3.21. The highest BCUT2D eigenvalue weighted by Crippen LogP contribution is 2.50. The Morgan fingerprint density at radius 3 is 2.89 bits per heavy atom. The number of aryl methyl sites for hydroxylation is 1. The van der Waals surface area contributed by atoms with Crippen molar-refractivity contribution in [3.63, 3.8) is 0 Å². The molecule has 1 fully saturated rings. The van der Waals surface area contributed by atoms with Crippen LogP contribution < -0.4 is 5.73 Å². The van der Waals surface area contributed by atoms with Crippen LogP contribution in [0.2, 0.25) is 0 Å². The predicted molar refractivity (Wildman–Crippen MR) is 72.0 cm³/mol. The number of hydrogen-bond donors (Lipinski definition) is 2. The molecule has 0 spiro atoms. The minimum absolute atomic E-state index is 0.137. The number of nitrogens with zero attached hydrogens (tertiary/aromatic N) is 2. The quantitative estimate of drug-likeness (QED) is 0.842. The van der Waals surface area contributed by atoms with E-state index in [1.165, 1.54) is 12.8 Å². The molecule has 1 aliphatic rings. The van der Waals surface area contributed by atoms with Crippen molar-refractivity contribution in [1.82, 2.24) is 9.78 Å². The van der Waals surface area contributed by atoms with Gasteiger partial charge in [0.2, 0.25) is 0 Å². The summed E-state index contributed by atoms with van der Waals surface area (Å²) in [5.74, 6) is 0.712. The average Bonchev–Trinajstić information content (AvgIpc) is 3.05. The first kappa shape index (κ1) is 13.6. The SMILES string of the molecule is CCC1CCC(CN)(C(O)c2cnn(CC)c2)C1. The Morgan fingerprint density at radius 2 is 2.39 bits per heavy atom. The van der Waals surface area contributed by atoms with Crippen molar-refractivity contribution in [3.8, 4) is 0 Å². The Kier molecular flexibility index (Phi) is 4.07. The molecular weight excluding hydrogens is 226 g/mol. The van der Waals surface area contributed by atoms with E-state index in [1.807, 2.05) is 17.8 Å². The first-order valence-corrected chi connectivity index (χ1v) is 7.05. The molecule has 102 valence electrons. The highest BCUT2D eigenvalue weighted by atomic mass is 16.3. The van der Waals surface area contributed by atoms with Gasteiger partial charge >= 0.3 is 0 Å². The molecule has 1 aromatic heterocycles. The molecule has 0 bridgehead atoms. The van der Waals surface area contributed by atoms with Gasteiger partial charge in [-0.3, -0.25) is 4.68 Å². The molecule has 3 atom stereocenters. The molecule has 4 nitrogen and oxygen atoms in total. The van der Waals surface area contributed by atoms with Crippen LogP contribution in [0.15, 0.2) is 12.4 Å². The Bertz CT molecular complexity index is 390. The number of nitrogens with two attached hydrogens (primary N) is 1. The van der Waals surface area contributed by atoms with Crippen LogP contribution in [0.5, 0.6) is 0 Å². The molecule has 3 N–H and O–H groups in total. The van der Waals surface area contributed by atoms with E-state index in [9.17, 15) is 5.11 Å². The zero-order valence-corrected chi connectivity index (χ0v) is 11.5. The van der Waals surface area contributed by atoms with Crippen LogP contribution in [-0.2, 0) is 6.54 Å². The molecule has 0 amide bonds. The largest absolute Gasteiger partial charge is 0.388 e. The lowest BCUT2D eigenvalue weighted by Gasteiger charge is -2.33. The van der Waals surface area contributed by atoms with Gasteiger partial charge in [0.1, 0.15) is 0 Å². The molecule has 0 aliphatic heterocycles. The zero-order chi connectivity index (χ0) is 13.2. The third-order valence-electron chi connectivity index (χ3n) is 4.60. The summed E-state index contributed by atoms with van der Waals surface area (Å²) in [5.41, 5.74) is 6.76. The lowest BCUT2D eigenvalue weighted by molar-refractivity contribution is 0.0301. The van der Waals surface area contributed by atoms with E-state index in [-0.39, 0.29) is 5.41 Å². The second-order valence-corrected chi connectivity index (χ2v) is 5.62. The van der Waals surface area contributed by atoms with Crippen LogP contribution in [0.4, 0.5) is 0 Å². The minimum Gasteiger partial charge on any atom is -0.388 e. The Balaban J connectivity index is 2.17. The van der Waals surface area contributed by atoms with Crippen molar-refractivity contribution in [2.75, 3.05) is 6.54 Å². The Morgan fingerprint density at radius 1 is 1.61 bits per heavy atom. The number of rotatable bonds is 5. The van der Waals surface area contributed by atoms with Gasteiger partial charge in [0.05, 0.1) is 12.3 Å². The third kappa shape index (κ3) is 2.31. The molecule has 1 saturated carbocycles. The van der Waals surface area contributed by atoms with Crippen LogP contribution in [0.25, 0.3) is 0 Å². The van der Waals surface area contributed by atoms with E-state index in [2.05, 4.69) is 12.0 Å². The van der Waals surface area contributed by atoms with Gasteiger partial charge in [-0.1, -0.05) is 13.3 Å². The molecule has 1 heterocycles. The van der Waals surface area contributed by atoms with Gasteiger partial charge in [0, 0.05) is 30.3 Å². The van der Waals surface area contributed by atoms with E-state index < -0.39 is 6.10 Å². The molecule has 18 heavy (non-hydrogen) atoms. The Labute approximate surface area is 109 Å².